The molecule has 204 valence electrons. The van der Waals surface area contributed by atoms with Crippen LogP contribution in [0.5, 0.6) is 5.75 Å². The minimum atomic E-state index is -4.85. The fraction of sp³-hybridized carbons (Fsp3) is 0.346. The molecule has 0 bridgehead atoms. The highest BCUT2D eigenvalue weighted by molar-refractivity contribution is 5.97. The van der Waals surface area contributed by atoms with E-state index in [1.54, 1.807) is 24.3 Å². The number of carbonyl (C=O) groups excluding carboxylic acids is 1. The Balaban J connectivity index is 1.54. The molecule has 2 aromatic rings. The number of nitrogens with one attached hydrogen (secondary N) is 2. The fourth-order valence-electron chi connectivity index (χ4n) is 4.37. The molecule has 0 spiro atoms. The first-order valence-electron chi connectivity index (χ1n) is 12.2. The molecule has 8 nitrogen and oxygen atoms in total. The summed E-state index contributed by atoms with van der Waals surface area (Å²) in [5.41, 5.74) is 13.2. The summed E-state index contributed by atoms with van der Waals surface area (Å²) in [7, 11) is 0. The van der Waals surface area contributed by atoms with E-state index in [9.17, 15) is 18.0 Å². The van der Waals surface area contributed by atoms with Crippen LogP contribution in [0, 0.1) is 5.82 Å². The van der Waals surface area contributed by atoms with Gasteiger partial charge >= 0.3 is 12.4 Å². The zero-order valence-electron chi connectivity index (χ0n) is 20.6. The van der Waals surface area contributed by atoms with E-state index in [0.717, 1.165) is 25.9 Å². The number of urea groups is 1. The van der Waals surface area contributed by atoms with Gasteiger partial charge in [0, 0.05) is 35.1 Å². The lowest BCUT2D eigenvalue weighted by molar-refractivity contribution is -0.274. The molecule has 0 saturated heterocycles. The Morgan fingerprint density at radius 1 is 1.03 bits per heavy atom. The summed E-state index contributed by atoms with van der Waals surface area (Å²) in [6, 6.07) is 9.78. The standard InChI is InChI=1S/C26H30F4N6O2/c27-21-14-19(8-7-17(21)15-35(11-3-9-31)12-4-10-32)36-16-18-13-22(33-24(18)34-25(36)37)20-5-1-2-6-23(20)38-26(28,29)30/h1-2,5-8,13-14,16,24,33H,3-4,9-12,15,31-32H2,(H,34,37). The molecule has 12 heteroatoms. The number of amides is 2. The zero-order valence-corrected chi connectivity index (χ0v) is 20.6. The third-order valence-electron chi connectivity index (χ3n) is 6.18. The van der Waals surface area contributed by atoms with Crippen LogP contribution < -0.4 is 31.7 Å². The van der Waals surface area contributed by atoms with Gasteiger partial charge in [0.1, 0.15) is 17.7 Å². The van der Waals surface area contributed by atoms with Gasteiger partial charge in [0.25, 0.3) is 0 Å². The van der Waals surface area contributed by atoms with Crippen LogP contribution in [0.4, 0.5) is 28.0 Å². The second-order valence-electron chi connectivity index (χ2n) is 8.96. The van der Waals surface area contributed by atoms with Gasteiger partial charge < -0.3 is 26.8 Å². The summed E-state index contributed by atoms with van der Waals surface area (Å²) in [4.78, 5) is 16.2. The predicted octanol–water partition coefficient (Wildman–Crippen LogP) is 3.61. The van der Waals surface area contributed by atoms with Gasteiger partial charge in [-0.2, -0.15) is 0 Å². The maximum absolute atomic E-state index is 15.1. The van der Waals surface area contributed by atoms with Crippen molar-refractivity contribution >= 4 is 17.4 Å². The van der Waals surface area contributed by atoms with Crippen molar-refractivity contribution in [3.05, 3.63) is 77.3 Å². The first-order valence-corrected chi connectivity index (χ1v) is 12.2. The maximum Gasteiger partial charge on any atom is 0.573 e. The molecule has 0 saturated carbocycles. The molecule has 1 atom stereocenters. The molecule has 38 heavy (non-hydrogen) atoms. The largest absolute Gasteiger partial charge is 0.573 e. The Morgan fingerprint density at radius 3 is 2.39 bits per heavy atom. The number of halogens is 4. The lowest BCUT2D eigenvalue weighted by atomic mass is 10.1. The number of ether oxygens (including phenoxy) is 1. The Bertz CT molecular complexity index is 1210. The van der Waals surface area contributed by atoms with Gasteiger partial charge in [-0.15, -0.1) is 13.2 Å². The Morgan fingerprint density at radius 2 is 1.74 bits per heavy atom. The summed E-state index contributed by atoms with van der Waals surface area (Å²) < 4.78 is 57.8. The number of alkyl halides is 3. The smallest absolute Gasteiger partial charge is 0.405 e. The summed E-state index contributed by atoms with van der Waals surface area (Å²) in [6.45, 7) is 2.90. The molecular formula is C26H30F4N6O2. The molecule has 2 aliphatic rings. The van der Waals surface area contributed by atoms with Crippen LogP contribution in [-0.2, 0) is 6.54 Å². The molecule has 2 heterocycles. The highest BCUT2D eigenvalue weighted by Gasteiger charge is 2.35. The molecular weight excluding hydrogens is 504 g/mol. The van der Waals surface area contributed by atoms with Gasteiger partial charge in [-0.25, -0.2) is 9.18 Å². The molecule has 0 radical (unpaired) electrons. The Kier molecular flexibility index (Phi) is 8.55. The lowest BCUT2D eigenvalue weighted by Gasteiger charge is -2.29. The summed E-state index contributed by atoms with van der Waals surface area (Å²) in [5, 5.41) is 5.75. The number of hydrogen-bond acceptors (Lipinski definition) is 6. The van der Waals surface area contributed by atoms with E-state index in [2.05, 4.69) is 20.3 Å². The average molecular weight is 535 g/mol. The second kappa shape index (κ2) is 11.8. The third-order valence-corrected chi connectivity index (χ3v) is 6.18. The van der Waals surface area contributed by atoms with Crippen molar-refractivity contribution in [1.29, 1.82) is 0 Å². The van der Waals surface area contributed by atoms with Crippen LogP contribution in [0.25, 0.3) is 5.70 Å². The van der Waals surface area contributed by atoms with E-state index in [-0.39, 0.29) is 11.3 Å². The van der Waals surface area contributed by atoms with Crippen molar-refractivity contribution in [2.45, 2.75) is 31.9 Å². The number of para-hydroxylation sites is 1. The van der Waals surface area contributed by atoms with Crippen molar-refractivity contribution in [3.63, 3.8) is 0 Å². The average Bonchev–Trinajstić information content (AvgIpc) is 3.28. The van der Waals surface area contributed by atoms with Crippen LogP contribution in [0.1, 0.15) is 24.0 Å². The first-order chi connectivity index (χ1) is 18.2. The molecule has 0 aliphatic carbocycles. The molecule has 2 amide bonds. The minimum Gasteiger partial charge on any atom is -0.405 e. The van der Waals surface area contributed by atoms with Crippen LogP contribution >= 0.6 is 0 Å². The fourth-order valence-corrected chi connectivity index (χ4v) is 4.37. The Labute approximate surface area is 217 Å². The molecule has 0 fully saturated rings. The predicted molar refractivity (Wildman–Crippen MR) is 136 cm³/mol. The molecule has 2 aromatic carbocycles. The van der Waals surface area contributed by atoms with Gasteiger partial charge in [-0.05, 0) is 69.4 Å². The van der Waals surface area contributed by atoms with E-state index in [4.69, 9.17) is 11.5 Å². The lowest BCUT2D eigenvalue weighted by Crippen LogP contribution is -2.51. The van der Waals surface area contributed by atoms with E-state index >= 15 is 4.39 Å². The number of anilines is 1. The van der Waals surface area contributed by atoms with Gasteiger partial charge in [0.2, 0.25) is 0 Å². The number of nitrogens with zero attached hydrogens (tertiary/aromatic N) is 2. The first kappa shape index (κ1) is 27.4. The molecule has 4 rings (SSSR count). The zero-order chi connectivity index (χ0) is 27.3. The number of fused-ring (bicyclic) bond motifs is 1. The number of carbonyl (C=O) groups is 1. The molecule has 2 aliphatic heterocycles. The summed E-state index contributed by atoms with van der Waals surface area (Å²) in [5.74, 6) is -0.828. The highest BCUT2D eigenvalue weighted by Crippen LogP contribution is 2.34. The van der Waals surface area contributed by atoms with Crippen LogP contribution in [0.3, 0.4) is 0 Å². The number of rotatable bonds is 11. The number of nitrogens with two attached hydrogens (primary N) is 2. The van der Waals surface area contributed by atoms with Crippen molar-refractivity contribution in [1.82, 2.24) is 15.5 Å². The van der Waals surface area contributed by atoms with Crippen molar-refractivity contribution in [3.8, 4) is 5.75 Å². The van der Waals surface area contributed by atoms with Crippen LogP contribution in [0.2, 0.25) is 0 Å². The van der Waals surface area contributed by atoms with Crippen molar-refractivity contribution < 1.29 is 27.1 Å². The van der Waals surface area contributed by atoms with Gasteiger partial charge in [0.05, 0.1) is 5.69 Å². The van der Waals surface area contributed by atoms with Crippen molar-refractivity contribution in [2.24, 2.45) is 11.5 Å². The summed E-state index contributed by atoms with van der Waals surface area (Å²) in [6.07, 6.45) is -0.802. The van der Waals surface area contributed by atoms with Crippen LogP contribution in [0.15, 0.2) is 60.3 Å². The van der Waals surface area contributed by atoms with Gasteiger partial charge in [-0.3, -0.25) is 9.80 Å². The van der Waals surface area contributed by atoms with E-state index in [0.29, 0.717) is 42.2 Å². The number of benzene rings is 2. The molecule has 1 unspecified atom stereocenters. The van der Waals surface area contributed by atoms with Crippen molar-refractivity contribution in [2.75, 3.05) is 31.1 Å². The second-order valence-corrected chi connectivity index (χ2v) is 8.96. The van der Waals surface area contributed by atoms with Gasteiger partial charge in [-0.1, -0.05) is 18.2 Å². The maximum atomic E-state index is 15.1. The minimum absolute atomic E-state index is 0.185. The normalized spacial score (nSPS) is 17.1. The monoisotopic (exact) mass is 534 g/mol. The van der Waals surface area contributed by atoms with Crippen LogP contribution in [-0.4, -0.2) is 49.6 Å². The highest BCUT2D eigenvalue weighted by atomic mass is 19.4. The summed E-state index contributed by atoms with van der Waals surface area (Å²) >= 11 is 0. The van der Waals surface area contributed by atoms with E-state index in [1.165, 1.54) is 35.4 Å². The third kappa shape index (κ3) is 6.63. The molecule has 0 aromatic heterocycles. The quantitative estimate of drug-likeness (QED) is 0.328. The van der Waals surface area contributed by atoms with E-state index in [1.807, 2.05) is 0 Å². The Hall–Kier alpha value is -3.61. The van der Waals surface area contributed by atoms with Gasteiger partial charge in [0.15, 0.2) is 0 Å². The molecule has 6 N–H and O–H groups in total. The topological polar surface area (TPSA) is 109 Å². The van der Waals surface area contributed by atoms with E-state index < -0.39 is 24.4 Å². The number of hydrogen-bond donors (Lipinski definition) is 4. The SMILES string of the molecule is NCCCN(CCCN)Cc1ccc(N2C=C3C=C(c4ccccc4OC(F)(F)F)NC3NC2=O)cc1F.